The Morgan fingerprint density at radius 1 is 1.60 bits per heavy atom. The molecule has 2 aliphatic rings. The van der Waals surface area contributed by atoms with Gasteiger partial charge in [0, 0.05) is 6.20 Å². The Morgan fingerprint density at radius 3 is 3.30 bits per heavy atom. The molecule has 0 N–H and O–H groups in total. The average molecular weight is 136 g/mol. The van der Waals surface area contributed by atoms with Crippen LogP contribution in [-0.4, -0.2) is 24.6 Å². The number of hydrogen-bond acceptors (Lipinski definition) is 4. The van der Waals surface area contributed by atoms with Crippen LogP contribution in [0.1, 0.15) is 0 Å². The van der Waals surface area contributed by atoms with Crippen LogP contribution in [0, 0.1) is 0 Å². The summed E-state index contributed by atoms with van der Waals surface area (Å²) in [5.41, 5.74) is 1.10. The minimum Gasteiger partial charge on any atom is -0.439 e. The van der Waals surface area contributed by atoms with Crippen LogP contribution in [0.25, 0.3) is 0 Å². The maximum absolute atomic E-state index is 10.8. The molecule has 0 fully saturated rings. The van der Waals surface area contributed by atoms with Crippen LogP contribution in [0.4, 0.5) is 0 Å². The molecule has 10 heavy (non-hydrogen) atoms. The molecule has 0 aromatic carbocycles. The highest BCUT2D eigenvalue weighted by Gasteiger charge is 2.22. The van der Waals surface area contributed by atoms with E-state index >= 15 is 0 Å². The summed E-state index contributed by atoms with van der Waals surface area (Å²) in [5.74, 6) is -0.331. The lowest BCUT2D eigenvalue weighted by Crippen LogP contribution is -2.20. The molecule has 2 aliphatic heterocycles. The molecule has 0 spiro atoms. The monoisotopic (exact) mass is 136 g/mol. The number of fused-ring (bicyclic) bond motifs is 1. The third-order valence-corrected chi connectivity index (χ3v) is 1.33. The second-order valence-corrected chi connectivity index (χ2v) is 1.93. The van der Waals surface area contributed by atoms with E-state index in [0.717, 1.165) is 0 Å². The summed E-state index contributed by atoms with van der Waals surface area (Å²) >= 11 is 0. The van der Waals surface area contributed by atoms with E-state index in [1.54, 1.807) is 6.21 Å². The van der Waals surface area contributed by atoms with Crippen molar-refractivity contribution in [3.05, 3.63) is 11.8 Å². The molecule has 2 heterocycles. The summed E-state index contributed by atoms with van der Waals surface area (Å²) in [5, 5.41) is 0. The van der Waals surface area contributed by atoms with Crippen LogP contribution in [-0.2, 0) is 9.53 Å². The fraction of sp³-hybridized carbons (Fsp3) is 0.167. The van der Waals surface area contributed by atoms with Crippen LogP contribution in [0.5, 0.6) is 0 Å². The topological polar surface area (TPSA) is 51.0 Å². The van der Waals surface area contributed by atoms with Gasteiger partial charge in [0.15, 0.2) is 6.73 Å². The van der Waals surface area contributed by atoms with Gasteiger partial charge in [0.25, 0.3) is 0 Å². The number of carbonyl (C=O) groups excluding carboxylic acids is 1. The van der Waals surface area contributed by atoms with Gasteiger partial charge in [-0.3, -0.25) is 4.99 Å². The molecular formula is C6H4N2O2. The highest BCUT2D eigenvalue weighted by molar-refractivity contribution is 6.47. The minimum absolute atomic E-state index is 0.123. The lowest BCUT2D eigenvalue weighted by molar-refractivity contribution is -0.138. The Morgan fingerprint density at radius 2 is 2.50 bits per heavy atom. The van der Waals surface area contributed by atoms with Crippen molar-refractivity contribution >= 4 is 17.9 Å². The summed E-state index contributed by atoms with van der Waals surface area (Å²) in [6.45, 7) is 0.123. The lowest BCUT2D eigenvalue weighted by Gasteiger charge is -2.07. The van der Waals surface area contributed by atoms with Gasteiger partial charge in [-0.25, -0.2) is 9.79 Å². The molecule has 0 unspecified atom stereocenters. The number of aliphatic imine (C=N–C) groups is 2. The predicted octanol–water partition coefficient (Wildman–Crippen LogP) is -0.0900. The van der Waals surface area contributed by atoms with Gasteiger partial charge in [-0.1, -0.05) is 0 Å². The first-order chi connectivity index (χ1) is 4.88. The molecule has 0 atom stereocenters. The molecule has 0 saturated heterocycles. The third-order valence-electron chi connectivity index (χ3n) is 1.33. The number of nitrogens with zero attached hydrogens (tertiary/aromatic N) is 2. The summed E-state index contributed by atoms with van der Waals surface area (Å²) in [7, 11) is 0. The molecule has 0 saturated carbocycles. The molecule has 4 nitrogen and oxygen atoms in total. The molecule has 0 amide bonds. The van der Waals surface area contributed by atoms with Crippen LogP contribution in [0.2, 0.25) is 0 Å². The quantitative estimate of drug-likeness (QED) is 0.437. The second-order valence-electron chi connectivity index (χ2n) is 1.93. The van der Waals surface area contributed by atoms with E-state index in [2.05, 4.69) is 14.7 Å². The summed E-state index contributed by atoms with van der Waals surface area (Å²) < 4.78 is 4.62. The van der Waals surface area contributed by atoms with Crippen LogP contribution in [0.15, 0.2) is 21.8 Å². The van der Waals surface area contributed by atoms with Gasteiger partial charge in [0.1, 0.15) is 5.57 Å². The fourth-order valence-corrected chi connectivity index (χ4v) is 0.840. The first-order valence-corrected chi connectivity index (χ1v) is 2.83. The van der Waals surface area contributed by atoms with Gasteiger partial charge in [0.05, 0.1) is 11.9 Å². The van der Waals surface area contributed by atoms with E-state index in [0.29, 0.717) is 11.3 Å². The number of esters is 1. The zero-order valence-corrected chi connectivity index (χ0v) is 5.07. The lowest BCUT2D eigenvalue weighted by atomic mass is 10.2. The van der Waals surface area contributed by atoms with Crippen molar-refractivity contribution in [2.75, 3.05) is 6.73 Å². The molecular weight excluding hydrogens is 132 g/mol. The van der Waals surface area contributed by atoms with Crippen molar-refractivity contribution in [1.29, 1.82) is 0 Å². The van der Waals surface area contributed by atoms with E-state index in [-0.39, 0.29) is 12.7 Å². The Labute approximate surface area is 56.9 Å². The Bertz CT molecular complexity index is 275. The van der Waals surface area contributed by atoms with Gasteiger partial charge in [-0.15, -0.1) is 0 Å². The van der Waals surface area contributed by atoms with Crippen LogP contribution in [0.3, 0.4) is 0 Å². The third kappa shape index (κ3) is 0.586. The first-order valence-electron chi connectivity index (χ1n) is 2.83. The van der Waals surface area contributed by atoms with Gasteiger partial charge in [-0.2, -0.15) is 0 Å². The molecule has 0 radical (unpaired) electrons. The zero-order valence-electron chi connectivity index (χ0n) is 5.07. The fourth-order valence-electron chi connectivity index (χ4n) is 0.840. The van der Waals surface area contributed by atoms with E-state index in [4.69, 9.17) is 0 Å². The number of hydrogen-bond donors (Lipinski definition) is 0. The van der Waals surface area contributed by atoms with Gasteiger partial charge in [0.2, 0.25) is 0 Å². The van der Waals surface area contributed by atoms with E-state index in [1.807, 2.05) is 0 Å². The summed E-state index contributed by atoms with van der Waals surface area (Å²) in [6, 6.07) is 0. The maximum atomic E-state index is 10.8. The van der Waals surface area contributed by atoms with Crippen molar-refractivity contribution in [3.63, 3.8) is 0 Å². The SMILES string of the molecule is O=C1OCN=C2C=NC=C12. The van der Waals surface area contributed by atoms with Crippen molar-refractivity contribution in [2.45, 2.75) is 0 Å². The molecule has 0 bridgehead atoms. The molecule has 0 aromatic heterocycles. The second kappa shape index (κ2) is 1.76. The zero-order chi connectivity index (χ0) is 6.97. The average Bonchev–Trinajstić information content (AvgIpc) is 2.36. The van der Waals surface area contributed by atoms with Crippen LogP contribution >= 0.6 is 0 Å². The molecule has 2 rings (SSSR count). The number of cyclic esters (lactones) is 1. The predicted molar refractivity (Wildman–Crippen MR) is 35.0 cm³/mol. The normalized spacial score (nSPS) is 21.4. The largest absolute Gasteiger partial charge is 0.439 e. The van der Waals surface area contributed by atoms with Gasteiger partial charge < -0.3 is 4.74 Å². The van der Waals surface area contributed by atoms with Crippen molar-refractivity contribution in [1.82, 2.24) is 0 Å². The van der Waals surface area contributed by atoms with Crippen molar-refractivity contribution in [2.24, 2.45) is 9.98 Å². The highest BCUT2D eigenvalue weighted by Crippen LogP contribution is 2.10. The summed E-state index contributed by atoms with van der Waals surface area (Å²) in [4.78, 5) is 18.5. The Hall–Kier alpha value is -1.45. The van der Waals surface area contributed by atoms with Crippen molar-refractivity contribution in [3.8, 4) is 0 Å². The highest BCUT2D eigenvalue weighted by atomic mass is 16.5. The standard InChI is InChI=1S/C6H4N2O2/c9-6-4-1-7-2-5(4)8-3-10-6/h1-2H,3H2. The number of rotatable bonds is 0. The first kappa shape index (κ1) is 5.34. The van der Waals surface area contributed by atoms with Gasteiger partial charge >= 0.3 is 5.97 Å². The molecule has 0 aromatic rings. The molecule has 0 aliphatic carbocycles. The van der Waals surface area contributed by atoms with Crippen molar-refractivity contribution < 1.29 is 9.53 Å². The number of ether oxygens (including phenoxy) is 1. The minimum atomic E-state index is -0.331. The van der Waals surface area contributed by atoms with Crippen LogP contribution < -0.4 is 0 Å². The summed E-state index contributed by atoms with van der Waals surface area (Å²) in [6.07, 6.45) is 3.01. The Balaban J connectivity index is 2.46. The van der Waals surface area contributed by atoms with Gasteiger partial charge in [-0.05, 0) is 0 Å². The number of carbonyl (C=O) groups is 1. The maximum Gasteiger partial charge on any atom is 0.343 e. The van der Waals surface area contributed by atoms with E-state index in [9.17, 15) is 4.79 Å². The Kier molecular flexibility index (Phi) is 0.943. The smallest absolute Gasteiger partial charge is 0.343 e. The van der Waals surface area contributed by atoms with E-state index < -0.39 is 0 Å². The molecule has 4 heteroatoms. The molecule has 50 valence electrons. The van der Waals surface area contributed by atoms with E-state index in [1.165, 1.54) is 6.20 Å².